The first-order valence-electron chi connectivity index (χ1n) is 4.76. The van der Waals surface area contributed by atoms with E-state index in [1.807, 2.05) is 6.92 Å². The van der Waals surface area contributed by atoms with Gasteiger partial charge in [-0.05, 0) is 37.5 Å². The number of phenolic OH excluding ortho intramolecular Hbond substituents is 2. The molecule has 0 radical (unpaired) electrons. The second kappa shape index (κ2) is 3.88. The third kappa shape index (κ3) is 1.68. The fourth-order valence-corrected chi connectivity index (χ4v) is 1.57. The number of hydrogen-bond acceptors (Lipinski definition) is 3. The van der Waals surface area contributed by atoms with Crippen molar-refractivity contribution in [1.82, 2.24) is 0 Å². The quantitative estimate of drug-likeness (QED) is 0.633. The van der Waals surface area contributed by atoms with Gasteiger partial charge in [-0.1, -0.05) is 6.92 Å². The summed E-state index contributed by atoms with van der Waals surface area (Å²) in [6.07, 6.45) is 0.733. The first-order chi connectivity index (χ1) is 6.49. The van der Waals surface area contributed by atoms with E-state index in [4.69, 9.17) is 5.73 Å². The smallest absolute Gasteiger partial charge is 0.123 e. The normalized spacial score (nSPS) is 12.9. The Labute approximate surface area is 84.2 Å². The Balaban J connectivity index is 3.39. The van der Waals surface area contributed by atoms with E-state index in [2.05, 4.69) is 0 Å². The van der Waals surface area contributed by atoms with Gasteiger partial charge in [0, 0.05) is 11.6 Å². The van der Waals surface area contributed by atoms with Gasteiger partial charge in [0.25, 0.3) is 0 Å². The lowest BCUT2D eigenvalue weighted by molar-refractivity contribution is 0.440. The zero-order valence-electron chi connectivity index (χ0n) is 8.83. The van der Waals surface area contributed by atoms with Gasteiger partial charge in [0.15, 0.2) is 0 Å². The minimum Gasteiger partial charge on any atom is -0.508 e. The molecule has 0 unspecified atom stereocenters. The predicted octanol–water partition coefficient (Wildman–Crippen LogP) is 2.12. The number of aryl methyl sites for hydroxylation is 1. The highest BCUT2D eigenvalue weighted by molar-refractivity contribution is 5.52. The molecule has 0 aliphatic heterocycles. The predicted molar refractivity (Wildman–Crippen MR) is 56.5 cm³/mol. The Morgan fingerprint density at radius 1 is 1.36 bits per heavy atom. The molecule has 1 rings (SSSR count). The lowest BCUT2D eigenvalue weighted by Crippen LogP contribution is -2.11. The van der Waals surface area contributed by atoms with Gasteiger partial charge in [0.1, 0.15) is 11.5 Å². The van der Waals surface area contributed by atoms with Crippen LogP contribution in [0.3, 0.4) is 0 Å². The molecule has 1 aromatic rings. The third-order valence-electron chi connectivity index (χ3n) is 2.58. The van der Waals surface area contributed by atoms with Gasteiger partial charge < -0.3 is 15.9 Å². The van der Waals surface area contributed by atoms with Crippen LogP contribution in [0.5, 0.6) is 11.5 Å². The van der Waals surface area contributed by atoms with E-state index in [1.54, 1.807) is 19.9 Å². The summed E-state index contributed by atoms with van der Waals surface area (Å²) in [6, 6.07) is 1.33. The Morgan fingerprint density at radius 3 is 2.43 bits per heavy atom. The molecule has 0 amide bonds. The minimum atomic E-state index is -0.221. The molecule has 0 aliphatic rings. The number of aromatic hydroxyl groups is 2. The molecular weight excluding hydrogens is 178 g/mol. The van der Waals surface area contributed by atoms with Crippen LogP contribution in [-0.4, -0.2) is 10.2 Å². The largest absolute Gasteiger partial charge is 0.508 e. The van der Waals surface area contributed by atoms with Crippen molar-refractivity contribution in [3.05, 3.63) is 22.8 Å². The first-order valence-corrected chi connectivity index (χ1v) is 4.76. The summed E-state index contributed by atoms with van der Waals surface area (Å²) >= 11 is 0. The molecular formula is C11H17NO2. The molecule has 0 bridgehead atoms. The zero-order chi connectivity index (χ0) is 10.9. The summed E-state index contributed by atoms with van der Waals surface area (Å²) in [7, 11) is 0. The molecule has 0 heterocycles. The second-order valence-electron chi connectivity index (χ2n) is 3.61. The molecule has 0 aliphatic carbocycles. The van der Waals surface area contributed by atoms with E-state index in [0.717, 1.165) is 6.42 Å². The van der Waals surface area contributed by atoms with Gasteiger partial charge in [-0.25, -0.2) is 0 Å². The zero-order valence-corrected chi connectivity index (χ0v) is 8.83. The molecule has 0 saturated carbocycles. The summed E-state index contributed by atoms with van der Waals surface area (Å²) in [5.41, 5.74) is 7.85. The van der Waals surface area contributed by atoms with Crippen molar-refractivity contribution in [2.45, 2.75) is 33.2 Å². The van der Waals surface area contributed by atoms with Gasteiger partial charge in [0.2, 0.25) is 0 Å². The molecule has 0 spiro atoms. The Hall–Kier alpha value is -1.22. The van der Waals surface area contributed by atoms with Gasteiger partial charge in [-0.15, -0.1) is 0 Å². The number of rotatable bonds is 2. The maximum Gasteiger partial charge on any atom is 0.123 e. The lowest BCUT2D eigenvalue weighted by atomic mass is 9.95. The average Bonchev–Trinajstić information content (AvgIpc) is 2.15. The third-order valence-corrected chi connectivity index (χ3v) is 2.58. The van der Waals surface area contributed by atoms with Crippen LogP contribution >= 0.6 is 0 Å². The fraction of sp³-hybridized carbons (Fsp3) is 0.455. The Morgan fingerprint density at radius 2 is 1.93 bits per heavy atom. The van der Waals surface area contributed by atoms with E-state index in [-0.39, 0.29) is 17.5 Å². The first kappa shape index (κ1) is 10.9. The molecule has 78 valence electrons. The van der Waals surface area contributed by atoms with Crippen molar-refractivity contribution < 1.29 is 10.2 Å². The van der Waals surface area contributed by atoms with Gasteiger partial charge in [-0.3, -0.25) is 0 Å². The van der Waals surface area contributed by atoms with E-state index in [0.29, 0.717) is 16.7 Å². The number of phenols is 2. The van der Waals surface area contributed by atoms with Crippen molar-refractivity contribution in [3.63, 3.8) is 0 Å². The average molecular weight is 195 g/mol. The molecule has 1 aromatic carbocycles. The maximum atomic E-state index is 9.81. The van der Waals surface area contributed by atoms with E-state index in [9.17, 15) is 10.2 Å². The van der Waals surface area contributed by atoms with Crippen LogP contribution in [-0.2, 0) is 0 Å². The monoisotopic (exact) mass is 195 g/mol. The molecule has 1 atom stereocenters. The molecule has 0 fully saturated rings. The molecule has 4 N–H and O–H groups in total. The van der Waals surface area contributed by atoms with E-state index in [1.165, 1.54) is 0 Å². The van der Waals surface area contributed by atoms with Crippen LogP contribution < -0.4 is 5.73 Å². The summed E-state index contributed by atoms with van der Waals surface area (Å²) in [5, 5.41) is 19.4. The highest BCUT2D eigenvalue weighted by Crippen LogP contribution is 2.36. The van der Waals surface area contributed by atoms with Crippen molar-refractivity contribution in [2.24, 2.45) is 5.73 Å². The van der Waals surface area contributed by atoms with E-state index >= 15 is 0 Å². The summed E-state index contributed by atoms with van der Waals surface area (Å²) in [4.78, 5) is 0. The van der Waals surface area contributed by atoms with Crippen LogP contribution in [0.4, 0.5) is 0 Å². The Bertz CT molecular complexity index is 321. The standard InChI is InChI=1S/C11H17NO2/c1-4-8(12)10-7(3)9(13)5-6(2)11(10)14/h5,8,13-14H,4,12H2,1-3H3/t8-/m1/s1. The molecule has 0 aromatic heterocycles. The van der Waals surface area contributed by atoms with Crippen LogP contribution in [0.25, 0.3) is 0 Å². The summed E-state index contributed by atoms with van der Waals surface area (Å²) in [5.74, 6) is 0.397. The van der Waals surface area contributed by atoms with Gasteiger partial charge in [0.05, 0.1) is 0 Å². The summed E-state index contributed by atoms with van der Waals surface area (Å²) in [6.45, 7) is 5.46. The number of hydrogen-bond donors (Lipinski definition) is 3. The molecule has 3 nitrogen and oxygen atoms in total. The second-order valence-corrected chi connectivity index (χ2v) is 3.61. The van der Waals surface area contributed by atoms with Crippen LogP contribution in [0.1, 0.15) is 36.1 Å². The fourth-order valence-electron chi connectivity index (χ4n) is 1.57. The van der Waals surface area contributed by atoms with Crippen molar-refractivity contribution in [3.8, 4) is 11.5 Å². The van der Waals surface area contributed by atoms with Gasteiger partial charge >= 0.3 is 0 Å². The van der Waals surface area contributed by atoms with E-state index < -0.39 is 0 Å². The Kier molecular flexibility index (Phi) is 3.01. The lowest BCUT2D eigenvalue weighted by Gasteiger charge is -2.17. The van der Waals surface area contributed by atoms with Crippen molar-refractivity contribution >= 4 is 0 Å². The number of benzene rings is 1. The van der Waals surface area contributed by atoms with Crippen molar-refractivity contribution in [2.75, 3.05) is 0 Å². The van der Waals surface area contributed by atoms with Crippen LogP contribution in [0.15, 0.2) is 6.07 Å². The highest BCUT2D eigenvalue weighted by atomic mass is 16.3. The minimum absolute atomic E-state index is 0.194. The highest BCUT2D eigenvalue weighted by Gasteiger charge is 2.16. The van der Waals surface area contributed by atoms with Crippen LogP contribution in [0, 0.1) is 13.8 Å². The van der Waals surface area contributed by atoms with Crippen LogP contribution in [0.2, 0.25) is 0 Å². The van der Waals surface area contributed by atoms with Crippen molar-refractivity contribution in [1.29, 1.82) is 0 Å². The topological polar surface area (TPSA) is 66.5 Å². The summed E-state index contributed by atoms with van der Waals surface area (Å²) < 4.78 is 0. The SMILES string of the molecule is CC[C@@H](N)c1c(C)c(O)cc(C)c1O. The van der Waals surface area contributed by atoms with Gasteiger partial charge in [-0.2, -0.15) is 0 Å². The number of nitrogens with two attached hydrogens (primary N) is 1. The molecule has 3 heteroatoms. The molecule has 0 saturated heterocycles. The molecule has 14 heavy (non-hydrogen) atoms. The maximum absolute atomic E-state index is 9.81.